The maximum Gasteiger partial charge on any atom is 0.303 e. The van der Waals surface area contributed by atoms with Crippen molar-refractivity contribution in [3.63, 3.8) is 0 Å². The van der Waals surface area contributed by atoms with Crippen LogP contribution in [0.1, 0.15) is 48.5 Å². The third-order valence-electron chi connectivity index (χ3n) is 5.89. The summed E-state index contributed by atoms with van der Waals surface area (Å²) >= 11 is 0. The first kappa shape index (κ1) is 36.3. The van der Waals surface area contributed by atoms with Gasteiger partial charge in [-0.3, -0.25) is 33.6 Å². The fourth-order valence-corrected chi connectivity index (χ4v) is 4.52. The van der Waals surface area contributed by atoms with E-state index in [2.05, 4.69) is 0 Å². The molecule has 0 saturated carbocycles. The number of hydrogen-bond acceptors (Lipinski definition) is 18. The SMILES string of the molecule is CC(=O)OC[C@H]1OC(OC[C@H]2O[C@H](O)[C@H](OC(C)=O)[C@@H](OC(C)=O)[C@@H]2OC(C)=O)[C@H](OC(C)=O)[C@@H](OC(C)=O)[C@@H]1OC(C)=O. The van der Waals surface area contributed by atoms with Crippen LogP contribution in [0, 0.1) is 0 Å². The summed E-state index contributed by atoms with van der Waals surface area (Å²) in [6, 6.07) is 0. The van der Waals surface area contributed by atoms with Crippen LogP contribution in [0.3, 0.4) is 0 Å². The Balaban J connectivity index is 2.48. The summed E-state index contributed by atoms with van der Waals surface area (Å²) in [4.78, 5) is 83.0. The molecule has 18 nitrogen and oxygen atoms in total. The first-order valence-corrected chi connectivity index (χ1v) is 13.3. The summed E-state index contributed by atoms with van der Waals surface area (Å²) in [6.45, 7) is 6.15. The molecule has 0 aliphatic carbocycles. The van der Waals surface area contributed by atoms with E-state index in [0.29, 0.717) is 0 Å². The molecule has 248 valence electrons. The first-order chi connectivity index (χ1) is 20.5. The molecule has 0 spiro atoms. The van der Waals surface area contributed by atoms with Gasteiger partial charge in [0, 0.05) is 48.5 Å². The maximum atomic E-state index is 12.1. The third-order valence-corrected chi connectivity index (χ3v) is 5.89. The van der Waals surface area contributed by atoms with Crippen molar-refractivity contribution in [2.24, 2.45) is 0 Å². The van der Waals surface area contributed by atoms with Crippen molar-refractivity contribution in [3.8, 4) is 0 Å². The second-order valence-electron chi connectivity index (χ2n) is 9.69. The van der Waals surface area contributed by atoms with Gasteiger partial charge in [0.2, 0.25) is 0 Å². The normalized spacial score (nSPS) is 31.5. The van der Waals surface area contributed by atoms with E-state index in [4.69, 9.17) is 47.4 Å². The lowest BCUT2D eigenvalue weighted by Gasteiger charge is -2.45. The molecule has 2 heterocycles. The lowest BCUT2D eigenvalue weighted by atomic mass is 9.97. The van der Waals surface area contributed by atoms with E-state index in [9.17, 15) is 38.7 Å². The largest absolute Gasteiger partial charge is 0.463 e. The Morgan fingerprint density at radius 2 is 0.841 bits per heavy atom. The molecule has 1 unspecified atom stereocenters. The van der Waals surface area contributed by atoms with Crippen LogP contribution >= 0.6 is 0 Å². The van der Waals surface area contributed by atoms with Crippen LogP contribution in [0.4, 0.5) is 0 Å². The standard InChI is InChI=1S/C26H36O18/c1-10(27)35-8-18-20(38-12(3)29)22(40-14(5)31)24(42-16(7)33)26(44-18)36-9-17-19(37-11(2)28)21(39-13(4)30)23(25(34)43-17)41-15(6)32/h17-26,34H,8-9H2,1-7H3/t17-,18-,19-,20-,21+,22+,23-,24-,25+,26?/m1/s1. The van der Waals surface area contributed by atoms with Crippen LogP contribution < -0.4 is 0 Å². The van der Waals surface area contributed by atoms with Crippen molar-refractivity contribution in [1.82, 2.24) is 0 Å². The maximum absolute atomic E-state index is 12.1. The van der Waals surface area contributed by atoms with Gasteiger partial charge in [-0.25, -0.2) is 0 Å². The molecule has 0 bridgehead atoms. The van der Waals surface area contributed by atoms with Gasteiger partial charge in [-0.15, -0.1) is 0 Å². The molecule has 1 N–H and O–H groups in total. The smallest absolute Gasteiger partial charge is 0.303 e. The number of ether oxygens (including phenoxy) is 10. The van der Waals surface area contributed by atoms with Gasteiger partial charge in [0.1, 0.15) is 18.8 Å². The van der Waals surface area contributed by atoms with Gasteiger partial charge < -0.3 is 52.5 Å². The van der Waals surface area contributed by atoms with Crippen molar-refractivity contribution < 1.29 is 86.0 Å². The zero-order chi connectivity index (χ0) is 33.3. The predicted octanol–water partition coefficient (Wildman–Crippen LogP) is -1.40. The van der Waals surface area contributed by atoms with Gasteiger partial charge >= 0.3 is 41.8 Å². The van der Waals surface area contributed by atoms with Gasteiger partial charge in [-0.05, 0) is 0 Å². The number of aliphatic hydroxyl groups is 1. The Kier molecular flexibility index (Phi) is 13.4. The van der Waals surface area contributed by atoms with Gasteiger partial charge in [0.15, 0.2) is 49.2 Å². The zero-order valence-electron chi connectivity index (χ0n) is 25.1. The van der Waals surface area contributed by atoms with E-state index in [1.807, 2.05) is 0 Å². The van der Waals surface area contributed by atoms with E-state index in [0.717, 1.165) is 48.5 Å². The van der Waals surface area contributed by atoms with E-state index in [-0.39, 0.29) is 0 Å². The van der Waals surface area contributed by atoms with Crippen LogP contribution in [0.2, 0.25) is 0 Å². The summed E-state index contributed by atoms with van der Waals surface area (Å²) in [5, 5.41) is 10.6. The number of carbonyl (C=O) groups is 7. The van der Waals surface area contributed by atoms with Crippen molar-refractivity contribution in [2.75, 3.05) is 13.2 Å². The molecule has 0 aromatic heterocycles. The molecule has 44 heavy (non-hydrogen) atoms. The van der Waals surface area contributed by atoms with Crippen molar-refractivity contribution in [2.45, 2.75) is 110 Å². The summed E-state index contributed by atoms with van der Waals surface area (Å²) in [7, 11) is 0. The second kappa shape index (κ2) is 16.3. The average Bonchev–Trinajstić information content (AvgIpc) is 2.87. The third kappa shape index (κ3) is 10.7. The molecule has 2 rings (SSSR count). The summed E-state index contributed by atoms with van der Waals surface area (Å²) < 4.78 is 53.7. The van der Waals surface area contributed by atoms with E-state index >= 15 is 0 Å². The summed E-state index contributed by atoms with van der Waals surface area (Å²) in [5.74, 6) is -5.94. The molecular weight excluding hydrogens is 600 g/mol. The van der Waals surface area contributed by atoms with Crippen LogP contribution in [-0.2, 0) is 80.9 Å². The zero-order valence-corrected chi connectivity index (χ0v) is 25.1. The minimum Gasteiger partial charge on any atom is -0.463 e. The monoisotopic (exact) mass is 636 g/mol. The van der Waals surface area contributed by atoms with Gasteiger partial charge in [0.25, 0.3) is 0 Å². The highest BCUT2D eigenvalue weighted by Crippen LogP contribution is 2.32. The molecule has 0 aromatic carbocycles. The minimum atomic E-state index is -1.90. The van der Waals surface area contributed by atoms with Crippen LogP contribution in [0.5, 0.6) is 0 Å². The molecular formula is C26H36O18. The molecule has 0 radical (unpaired) electrons. The fourth-order valence-electron chi connectivity index (χ4n) is 4.52. The Labute approximate surface area is 251 Å². The topological polar surface area (TPSA) is 232 Å². The Bertz CT molecular complexity index is 1090. The van der Waals surface area contributed by atoms with E-state index in [1.165, 1.54) is 0 Å². The highest BCUT2D eigenvalue weighted by atomic mass is 16.7. The average molecular weight is 637 g/mol. The van der Waals surface area contributed by atoms with E-state index in [1.54, 1.807) is 0 Å². The second-order valence-corrected chi connectivity index (χ2v) is 9.69. The predicted molar refractivity (Wildman–Crippen MR) is 135 cm³/mol. The molecule has 2 saturated heterocycles. The Hall–Kier alpha value is -3.87. The van der Waals surface area contributed by atoms with Crippen LogP contribution in [0.15, 0.2) is 0 Å². The van der Waals surface area contributed by atoms with E-state index < -0.39 is 116 Å². The summed E-state index contributed by atoms with van der Waals surface area (Å²) in [6.07, 6.45) is -15.6. The molecule has 18 heteroatoms. The fraction of sp³-hybridized carbons (Fsp3) is 0.731. The van der Waals surface area contributed by atoms with Gasteiger partial charge in [-0.2, -0.15) is 0 Å². The molecule has 10 atom stereocenters. The van der Waals surface area contributed by atoms with Crippen LogP contribution in [-0.4, -0.2) is 122 Å². The molecule has 0 aromatic rings. The summed E-state index contributed by atoms with van der Waals surface area (Å²) in [5.41, 5.74) is 0. The van der Waals surface area contributed by atoms with Gasteiger partial charge in [0.05, 0.1) is 6.61 Å². The quantitative estimate of drug-likeness (QED) is 0.203. The Morgan fingerprint density at radius 1 is 0.477 bits per heavy atom. The first-order valence-electron chi connectivity index (χ1n) is 13.3. The number of esters is 7. The Morgan fingerprint density at radius 3 is 1.27 bits per heavy atom. The number of rotatable bonds is 11. The lowest BCUT2D eigenvalue weighted by Crippen LogP contribution is -2.64. The molecule has 2 aliphatic rings. The van der Waals surface area contributed by atoms with Gasteiger partial charge in [-0.1, -0.05) is 0 Å². The molecule has 2 aliphatic heterocycles. The lowest BCUT2D eigenvalue weighted by molar-refractivity contribution is -0.330. The van der Waals surface area contributed by atoms with Crippen LogP contribution in [0.25, 0.3) is 0 Å². The van der Waals surface area contributed by atoms with Crippen molar-refractivity contribution in [3.05, 3.63) is 0 Å². The highest BCUT2D eigenvalue weighted by molar-refractivity contribution is 5.69. The van der Waals surface area contributed by atoms with Crippen molar-refractivity contribution >= 4 is 41.8 Å². The molecule has 2 fully saturated rings. The number of aliphatic hydroxyl groups excluding tert-OH is 1. The minimum absolute atomic E-state index is 0.523. The van der Waals surface area contributed by atoms with Crippen molar-refractivity contribution in [1.29, 1.82) is 0 Å². The number of hydrogen-bond donors (Lipinski definition) is 1. The highest BCUT2D eigenvalue weighted by Gasteiger charge is 2.55. The molecule has 0 amide bonds. The number of carbonyl (C=O) groups excluding carboxylic acids is 7.